The second-order valence-electron chi connectivity index (χ2n) is 4.82. The van der Waals surface area contributed by atoms with E-state index in [-0.39, 0.29) is 6.54 Å². The minimum atomic E-state index is -0.549. The van der Waals surface area contributed by atoms with E-state index in [4.69, 9.17) is 11.6 Å². The van der Waals surface area contributed by atoms with E-state index in [1.807, 2.05) is 0 Å². The lowest BCUT2D eigenvalue weighted by Gasteiger charge is -2.17. The van der Waals surface area contributed by atoms with Crippen molar-refractivity contribution in [2.45, 2.75) is 13.5 Å². The summed E-state index contributed by atoms with van der Waals surface area (Å²) in [5.74, 6) is -1.06. The zero-order chi connectivity index (χ0) is 15.3. The second kappa shape index (κ2) is 4.96. The summed E-state index contributed by atoms with van der Waals surface area (Å²) in [4.78, 5) is 25.8. The third-order valence-electron chi connectivity index (χ3n) is 3.52. The summed E-state index contributed by atoms with van der Waals surface area (Å²) in [7, 11) is 1.76. The smallest absolute Gasteiger partial charge is 0.299 e. The zero-order valence-electron chi connectivity index (χ0n) is 11.4. The van der Waals surface area contributed by atoms with Crippen molar-refractivity contribution in [1.29, 1.82) is 0 Å². The molecule has 21 heavy (non-hydrogen) atoms. The van der Waals surface area contributed by atoms with Gasteiger partial charge in [-0.25, -0.2) is 0 Å². The molecule has 0 unspecified atom stereocenters. The lowest BCUT2D eigenvalue weighted by atomic mass is 10.1. The van der Waals surface area contributed by atoms with Crippen LogP contribution in [-0.2, 0) is 18.4 Å². The van der Waals surface area contributed by atoms with Crippen molar-refractivity contribution < 1.29 is 9.59 Å². The van der Waals surface area contributed by atoms with Crippen LogP contribution < -0.4 is 4.90 Å². The summed E-state index contributed by atoms with van der Waals surface area (Å²) in [5.41, 5.74) is 2.39. The van der Waals surface area contributed by atoms with E-state index in [0.29, 0.717) is 32.1 Å². The quantitative estimate of drug-likeness (QED) is 0.766. The van der Waals surface area contributed by atoms with Gasteiger partial charge >= 0.3 is 0 Å². The molecule has 0 spiro atoms. The van der Waals surface area contributed by atoms with Gasteiger partial charge in [0.15, 0.2) is 0 Å². The molecule has 0 radical (unpaired) electrons. The number of Topliss-reactive ketones (excluding diaryl/α,β-unsaturated/α-hetero) is 1. The number of nitrogens with zero attached hydrogens (tertiary/aromatic N) is 3. The minimum absolute atomic E-state index is 0.212. The summed E-state index contributed by atoms with van der Waals surface area (Å²) < 4.78 is 2.25. The fourth-order valence-corrected chi connectivity index (χ4v) is 3.22. The van der Waals surface area contributed by atoms with Crippen LogP contribution in [0.2, 0.25) is 5.02 Å². The van der Waals surface area contributed by atoms with Crippen molar-refractivity contribution in [3.05, 3.63) is 44.6 Å². The Bertz CT molecular complexity index is 785. The molecule has 7 heteroatoms. The molecule has 5 nitrogen and oxygen atoms in total. The number of hydrogen-bond acceptors (Lipinski definition) is 3. The summed E-state index contributed by atoms with van der Waals surface area (Å²) in [6.45, 7) is 2.01. The monoisotopic (exact) mass is 367 g/mol. The summed E-state index contributed by atoms with van der Waals surface area (Å²) in [6, 6.07) is 5.28. The van der Waals surface area contributed by atoms with Gasteiger partial charge in [-0.2, -0.15) is 5.10 Å². The van der Waals surface area contributed by atoms with Gasteiger partial charge in [0, 0.05) is 11.5 Å². The van der Waals surface area contributed by atoms with Crippen molar-refractivity contribution in [1.82, 2.24) is 9.78 Å². The van der Waals surface area contributed by atoms with Crippen LogP contribution in [0.15, 0.2) is 22.7 Å². The van der Waals surface area contributed by atoms with Crippen LogP contribution in [0.4, 0.5) is 5.69 Å². The van der Waals surface area contributed by atoms with Crippen molar-refractivity contribution in [3.8, 4) is 0 Å². The Kier molecular flexibility index (Phi) is 3.37. The number of benzene rings is 1. The zero-order valence-corrected chi connectivity index (χ0v) is 13.7. The Morgan fingerprint density at radius 1 is 1.33 bits per heavy atom. The molecular weight excluding hydrogens is 358 g/mol. The van der Waals surface area contributed by atoms with Crippen molar-refractivity contribution in [3.63, 3.8) is 0 Å². The van der Waals surface area contributed by atoms with Crippen LogP contribution in [0, 0.1) is 6.92 Å². The van der Waals surface area contributed by atoms with E-state index >= 15 is 0 Å². The first-order valence-electron chi connectivity index (χ1n) is 6.24. The van der Waals surface area contributed by atoms with E-state index in [1.165, 1.54) is 4.90 Å². The van der Waals surface area contributed by atoms with Crippen molar-refractivity contribution in [2.75, 3.05) is 4.90 Å². The number of carbonyl (C=O) groups is 2. The van der Waals surface area contributed by atoms with Gasteiger partial charge in [0.25, 0.3) is 11.7 Å². The molecule has 0 saturated carbocycles. The maximum absolute atomic E-state index is 12.2. The summed E-state index contributed by atoms with van der Waals surface area (Å²) in [6.07, 6.45) is 0. The van der Waals surface area contributed by atoms with Crippen LogP contribution in [0.5, 0.6) is 0 Å². The average molecular weight is 369 g/mol. The molecule has 2 aromatic rings. The Morgan fingerprint density at radius 2 is 2.05 bits per heavy atom. The minimum Gasteiger partial charge on any atom is -0.299 e. The lowest BCUT2D eigenvalue weighted by molar-refractivity contribution is -0.114. The van der Waals surface area contributed by atoms with Crippen molar-refractivity contribution >= 4 is 44.9 Å². The normalized spacial score (nSPS) is 14.0. The predicted octanol–water partition coefficient (Wildman–Crippen LogP) is 2.87. The molecular formula is C14H11BrClN3O2. The number of aromatic nitrogens is 2. The van der Waals surface area contributed by atoms with Gasteiger partial charge < -0.3 is 0 Å². The molecule has 0 atom stereocenters. The van der Waals surface area contributed by atoms with Crippen molar-refractivity contribution in [2.24, 2.45) is 7.05 Å². The van der Waals surface area contributed by atoms with Gasteiger partial charge in [-0.3, -0.25) is 19.2 Å². The lowest BCUT2D eigenvalue weighted by Crippen LogP contribution is -2.30. The topological polar surface area (TPSA) is 55.2 Å². The molecule has 1 aliphatic heterocycles. The summed E-state index contributed by atoms with van der Waals surface area (Å²) >= 11 is 9.54. The molecule has 0 bridgehead atoms. The number of ketones is 1. The first kappa shape index (κ1) is 14.3. The SMILES string of the molecule is Cc1nn(C)c(CN2C(=O)C(=O)c3c(Br)cccc32)c1Cl. The van der Waals surface area contributed by atoms with Crippen LogP contribution in [0.3, 0.4) is 0 Å². The number of anilines is 1. The number of aryl methyl sites for hydroxylation is 2. The molecule has 0 aliphatic carbocycles. The molecule has 1 amide bonds. The summed E-state index contributed by atoms with van der Waals surface area (Å²) in [5, 5.41) is 4.74. The highest BCUT2D eigenvalue weighted by molar-refractivity contribution is 9.10. The molecule has 0 fully saturated rings. The third kappa shape index (κ3) is 2.10. The van der Waals surface area contributed by atoms with E-state index in [9.17, 15) is 9.59 Å². The number of hydrogen-bond donors (Lipinski definition) is 0. The Hall–Kier alpha value is -1.66. The number of amides is 1. The van der Waals surface area contributed by atoms with E-state index in [0.717, 1.165) is 0 Å². The van der Waals surface area contributed by atoms with Crippen LogP contribution >= 0.6 is 27.5 Å². The van der Waals surface area contributed by atoms with Crippen LogP contribution in [0.25, 0.3) is 0 Å². The highest BCUT2D eigenvalue weighted by atomic mass is 79.9. The number of halogens is 2. The van der Waals surface area contributed by atoms with Crippen LogP contribution in [-0.4, -0.2) is 21.5 Å². The molecule has 0 saturated heterocycles. The Morgan fingerprint density at radius 3 is 2.67 bits per heavy atom. The van der Waals surface area contributed by atoms with Gasteiger partial charge in [0.1, 0.15) is 0 Å². The van der Waals surface area contributed by atoms with Gasteiger partial charge in [-0.05, 0) is 35.0 Å². The van der Waals surface area contributed by atoms with E-state index < -0.39 is 11.7 Å². The highest BCUT2D eigenvalue weighted by Gasteiger charge is 2.38. The molecule has 1 aromatic heterocycles. The predicted molar refractivity (Wildman–Crippen MR) is 82.6 cm³/mol. The fourth-order valence-electron chi connectivity index (χ4n) is 2.46. The van der Waals surface area contributed by atoms with Gasteiger partial charge in [-0.15, -0.1) is 0 Å². The van der Waals surface area contributed by atoms with Gasteiger partial charge in [-0.1, -0.05) is 17.7 Å². The largest absolute Gasteiger partial charge is 0.299 e. The second-order valence-corrected chi connectivity index (χ2v) is 6.06. The Balaban J connectivity index is 2.07. The number of fused-ring (bicyclic) bond motifs is 1. The first-order valence-corrected chi connectivity index (χ1v) is 7.41. The molecule has 1 aromatic carbocycles. The van der Waals surface area contributed by atoms with Gasteiger partial charge in [0.2, 0.25) is 0 Å². The average Bonchev–Trinajstić information content (AvgIpc) is 2.82. The van der Waals surface area contributed by atoms with E-state index in [1.54, 1.807) is 36.9 Å². The van der Waals surface area contributed by atoms with Gasteiger partial charge in [0.05, 0.1) is 34.2 Å². The number of rotatable bonds is 2. The van der Waals surface area contributed by atoms with Crippen LogP contribution in [0.1, 0.15) is 21.7 Å². The maximum atomic E-state index is 12.2. The Labute approximate surface area is 134 Å². The third-order valence-corrected chi connectivity index (χ3v) is 4.67. The molecule has 0 N–H and O–H groups in total. The standard InChI is InChI=1S/C14H11BrClN3O2/c1-7-12(16)10(18(2)17-7)6-19-9-5-3-4-8(15)11(9)13(20)14(19)21/h3-5H,6H2,1-2H3. The molecule has 108 valence electrons. The maximum Gasteiger partial charge on any atom is 0.299 e. The molecule has 3 rings (SSSR count). The first-order chi connectivity index (χ1) is 9.91. The number of carbonyl (C=O) groups excluding carboxylic acids is 2. The highest BCUT2D eigenvalue weighted by Crippen LogP contribution is 2.36. The fraction of sp³-hybridized carbons (Fsp3) is 0.214. The molecule has 2 heterocycles. The van der Waals surface area contributed by atoms with E-state index in [2.05, 4.69) is 21.0 Å². The molecule has 1 aliphatic rings.